The molecule has 0 aliphatic heterocycles. The molecule has 0 aromatic heterocycles. The summed E-state index contributed by atoms with van der Waals surface area (Å²) in [7, 11) is 0. The molecule has 0 bridgehead atoms. The smallest absolute Gasteiger partial charge is 0.0641 e. The Balaban J connectivity index is 3.05. The van der Waals surface area contributed by atoms with Crippen LogP contribution in [0.2, 0.25) is 0 Å². The van der Waals surface area contributed by atoms with E-state index in [2.05, 4.69) is 0 Å². The Morgan fingerprint density at radius 1 is 1.12 bits per heavy atom. The Bertz CT molecular complexity index is 200. The fourth-order valence-electron chi connectivity index (χ4n) is 0.481. The van der Waals surface area contributed by atoms with Gasteiger partial charge in [0.25, 0.3) is 0 Å². The molecule has 0 N–H and O–H groups in total. The highest BCUT2D eigenvalue weighted by atomic mass is 32.1. The van der Waals surface area contributed by atoms with Crippen molar-refractivity contribution >= 4 is 11.4 Å². The van der Waals surface area contributed by atoms with E-state index in [1.807, 2.05) is 30.3 Å². The maximum atomic E-state index is 8.45. The Labute approximate surface area is 51.9 Å². The molecule has 0 unspecified atom stereocenters. The van der Waals surface area contributed by atoms with Crippen molar-refractivity contribution in [2.24, 2.45) is 0 Å². The van der Waals surface area contributed by atoms with E-state index in [0.29, 0.717) is 0 Å². The van der Waals surface area contributed by atoms with Gasteiger partial charge in [-0.1, -0.05) is 18.2 Å². The second-order valence-corrected chi connectivity index (χ2v) is 2.06. The van der Waals surface area contributed by atoms with Crippen molar-refractivity contribution in [2.45, 2.75) is 4.90 Å². The Morgan fingerprint density at radius 3 is 2.12 bits per heavy atom. The Kier molecular flexibility index (Phi) is 1.62. The van der Waals surface area contributed by atoms with E-state index in [9.17, 15) is 0 Å². The largest absolute Gasteiger partial charge is 0.172 e. The third kappa shape index (κ3) is 1.06. The molecule has 1 nitrogen and oxygen atoms in total. The summed E-state index contributed by atoms with van der Waals surface area (Å²) in [5.74, 6) is 0. The van der Waals surface area contributed by atoms with E-state index < -0.39 is 0 Å². The lowest BCUT2D eigenvalue weighted by atomic mass is 10.4. The normalized spacial score (nSPS) is 8.38. The van der Waals surface area contributed by atoms with Crippen LogP contribution in [0.3, 0.4) is 0 Å². The second kappa shape index (κ2) is 2.46. The molecule has 1 aromatic rings. The lowest BCUT2D eigenvalue weighted by molar-refractivity contribution is 1.46. The molecule has 1 rings (SSSR count). The maximum Gasteiger partial charge on any atom is 0.0641 e. The summed E-state index contributed by atoms with van der Waals surface area (Å²) in [6, 6.07) is 9.40. The maximum absolute atomic E-state index is 8.45. The Morgan fingerprint density at radius 2 is 1.75 bits per heavy atom. The highest BCUT2D eigenvalue weighted by molar-refractivity contribution is 7.85. The van der Waals surface area contributed by atoms with Gasteiger partial charge in [0.15, 0.2) is 0 Å². The summed E-state index contributed by atoms with van der Waals surface area (Å²) < 4.78 is 8.45. The zero-order valence-electron chi connectivity index (χ0n) is 4.24. The van der Waals surface area contributed by atoms with Gasteiger partial charge in [0.1, 0.15) is 0 Å². The number of hydrogen-bond donors (Lipinski definition) is 0. The lowest BCUT2D eigenvalue weighted by Crippen LogP contribution is -1.58. The first-order chi connectivity index (χ1) is 3.93. The predicted molar refractivity (Wildman–Crippen MR) is 34.0 cm³/mol. The number of rotatable bonds is 0. The van der Waals surface area contributed by atoms with Gasteiger partial charge in [0.05, 0.1) is 16.3 Å². The standard InChI is InChI=1S/C6H5NS/c7-8-6-4-2-1-3-5-6/h1-5H. The molecule has 0 aliphatic carbocycles. The topological polar surface area (TPSA) is 23.8 Å². The van der Waals surface area contributed by atoms with Crippen LogP contribution < -0.4 is 0 Å². The average molecular weight is 123 g/mol. The monoisotopic (exact) mass is 123 g/mol. The molecular formula is C6H5NS. The summed E-state index contributed by atoms with van der Waals surface area (Å²) in [5, 5.41) is 0. The van der Waals surface area contributed by atoms with Crippen LogP contribution in [0.5, 0.6) is 0 Å². The molecule has 0 atom stereocenters. The predicted octanol–water partition coefficient (Wildman–Crippen LogP) is 2.26. The molecule has 0 saturated heterocycles. The van der Waals surface area contributed by atoms with Gasteiger partial charge in [-0.2, -0.15) is 4.61 Å². The molecule has 8 heavy (non-hydrogen) atoms. The van der Waals surface area contributed by atoms with Crippen LogP contribution in [0.15, 0.2) is 35.2 Å². The van der Waals surface area contributed by atoms with Crippen molar-refractivity contribution < 1.29 is 0 Å². The molecule has 0 radical (unpaired) electrons. The molecular weight excluding hydrogens is 118 g/mol. The van der Waals surface area contributed by atoms with Crippen LogP contribution in [0.4, 0.5) is 0 Å². The highest BCUT2D eigenvalue weighted by Gasteiger charge is 1.79. The minimum absolute atomic E-state index is 0.769. The fourth-order valence-corrected chi connectivity index (χ4v) is 0.760. The fraction of sp³-hybridized carbons (Fsp3) is 0. The van der Waals surface area contributed by atoms with Crippen LogP contribution in [0, 0.1) is 4.61 Å². The molecule has 1 aromatic carbocycles. The van der Waals surface area contributed by atoms with Crippen LogP contribution in [0.1, 0.15) is 0 Å². The molecule has 40 valence electrons. The van der Waals surface area contributed by atoms with Crippen LogP contribution in [0.25, 0.3) is 0 Å². The first-order valence-electron chi connectivity index (χ1n) is 2.30. The zero-order chi connectivity index (χ0) is 5.82. The Hall–Kier alpha value is -0.850. The van der Waals surface area contributed by atoms with Gasteiger partial charge in [0.2, 0.25) is 0 Å². The van der Waals surface area contributed by atoms with Crippen molar-refractivity contribution in [1.29, 1.82) is 4.61 Å². The first kappa shape index (κ1) is 5.29. The summed E-state index contributed by atoms with van der Waals surface area (Å²) in [6.45, 7) is 0. The van der Waals surface area contributed by atoms with Gasteiger partial charge in [-0.25, -0.2) is 0 Å². The summed E-state index contributed by atoms with van der Waals surface area (Å²) in [5.41, 5.74) is 0. The molecule has 0 aliphatic rings. The summed E-state index contributed by atoms with van der Waals surface area (Å²) in [4.78, 5) is 0.882. The van der Waals surface area contributed by atoms with E-state index in [1.54, 1.807) is 0 Å². The first-order valence-corrected chi connectivity index (χ1v) is 3.07. The zero-order valence-corrected chi connectivity index (χ0v) is 5.06. The summed E-state index contributed by atoms with van der Waals surface area (Å²) in [6.07, 6.45) is 0. The minimum atomic E-state index is 0.769. The van der Waals surface area contributed by atoms with E-state index in [4.69, 9.17) is 4.61 Å². The quantitative estimate of drug-likeness (QED) is 0.519. The van der Waals surface area contributed by atoms with Gasteiger partial charge in [-0.15, -0.1) is 0 Å². The second-order valence-electron chi connectivity index (χ2n) is 1.40. The van der Waals surface area contributed by atoms with E-state index >= 15 is 0 Å². The van der Waals surface area contributed by atoms with Crippen molar-refractivity contribution in [3.63, 3.8) is 0 Å². The van der Waals surface area contributed by atoms with Crippen LogP contribution >= 0.6 is 11.4 Å². The minimum Gasteiger partial charge on any atom is -0.172 e. The molecule has 0 heterocycles. The number of hydrogen-bond acceptors (Lipinski definition) is 1. The summed E-state index contributed by atoms with van der Waals surface area (Å²) >= 11 is 0.769. The van der Waals surface area contributed by atoms with E-state index in [0.717, 1.165) is 16.3 Å². The van der Waals surface area contributed by atoms with Crippen LogP contribution in [-0.4, -0.2) is 0 Å². The van der Waals surface area contributed by atoms with Crippen molar-refractivity contribution in [3.8, 4) is 0 Å². The van der Waals surface area contributed by atoms with Gasteiger partial charge in [0, 0.05) is 0 Å². The SMILES string of the molecule is N#Sc1ccccc1. The van der Waals surface area contributed by atoms with Gasteiger partial charge in [-0.3, -0.25) is 0 Å². The third-order valence-electron chi connectivity index (χ3n) is 0.849. The van der Waals surface area contributed by atoms with Gasteiger partial charge < -0.3 is 0 Å². The number of nitrogens with zero attached hydrogens (tertiary/aromatic N) is 1. The number of benzene rings is 1. The third-order valence-corrected chi connectivity index (χ3v) is 1.33. The van der Waals surface area contributed by atoms with Crippen molar-refractivity contribution in [1.82, 2.24) is 0 Å². The lowest BCUT2D eigenvalue weighted by Gasteiger charge is -1.79. The molecule has 2 heteroatoms. The van der Waals surface area contributed by atoms with E-state index in [-0.39, 0.29) is 0 Å². The van der Waals surface area contributed by atoms with Gasteiger partial charge >= 0.3 is 0 Å². The van der Waals surface area contributed by atoms with Crippen molar-refractivity contribution in [2.75, 3.05) is 0 Å². The van der Waals surface area contributed by atoms with Gasteiger partial charge in [-0.05, 0) is 12.1 Å². The average Bonchev–Trinajstić information content (AvgIpc) is 1.90. The van der Waals surface area contributed by atoms with Crippen molar-refractivity contribution in [3.05, 3.63) is 30.3 Å². The van der Waals surface area contributed by atoms with E-state index in [1.165, 1.54) is 0 Å². The molecule has 0 saturated carbocycles. The van der Waals surface area contributed by atoms with Crippen LogP contribution in [-0.2, 0) is 0 Å². The molecule has 0 fully saturated rings. The molecule has 0 spiro atoms. The highest BCUT2D eigenvalue weighted by Crippen LogP contribution is 2.04. The molecule has 0 amide bonds.